The number of aromatic nitrogens is 2. The fraction of sp³-hybridized carbons (Fsp3) is 0.231. The molecule has 86 valence electrons. The highest BCUT2D eigenvalue weighted by Gasteiger charge is 1.97. The Morgan fingerprint density at radius 2 is 2.35 bits per heavy atom. The fourth-order valence-electron chi connectivity index (χ4n) is 1.66. The average Bonchev–Trinajstić information content (AvgIpc) is 2.76. The molecule has 0 aliphatic rings. The molecule has 4 nitrogen and oxygen atoms in total. The van der Waals surface area contributed by atoms with E-state index in [1.165, 1.54) is 0 Å². The van der Waals surface area contributed by atoms with Gasteiger partial charge in [-0.3, -0.25) is 0 Å². The minimum absolute atomic E-state index is 0.675. The largest absolute Gasteiger partial charge is 0.383 e. The Hall–Kier alpha value is -2.28. The number of rotatable bonds is 4. The molecule has 0 aliphatic carbocycles. The lowest BCUT2D eigenvalue weighted by atomic mass is 10.2. The van der Waals surface area contributed by atoms with E-state index in [2.05, 4.69) is 20.9 Å². The lowest BCUT2D eigenvalue weighted by Gasteiger charge is -2.08. The predicted octanol–water partition coefficient (Wildman–Crippen LogP) is 2.18. The normalized spacial score (nSPS) is 9.88. The van der Waals surface area contributed by atoms with Crippen LogP contribution in [0.5, 0.6) is 0 Å². The van der Waals surface area contributed by atoms with E-state index < -0.39 is 0 Å². The molecule has 0 spiro atoms. The van der Waals surface area contributed by atoms with Crippen LogP contribution in [0, 0.1) is 18.3 Å². The summed E-state index contributed by atoms with van der Waals surface area (Å²) in [6, 6.07) is 9.61. The van der Waals surface area contributed by atoms with Gasteiger partial charge in [-0.05, 0) is 25.1 Å². The van der Waals surface area contributed by atoms with Gasteiger partial charge >= 0.3 is 0 Å². The third kappa shape index (κ3) is 2.85. The van der Waals surface area contributed by atoms with Crippen molar-refractivity contribution in [2.45, 2.75) is 13.5 Å². The van der Waals surface area contributed by atoms with Crippen molar-refractivity contribution in [3.63, 3.8) is 0 Å². The van der Waals surface area contributed by atoms with Crippen LogP contribution in [-0.4, -0.2) is 16.1 Å². The van der Waals surface area contributed by atoms with Crippen LogP contribution in [0.3, 0.4) is 0 Å². The zero-order valence-corrected chi connectivity index (χ0v) is 9.72. The van der Waals surface area contributed by atoms with Crippen LogP contribution < -0.4 is 5.32 Å². The van der Waals surface area contributed by atoms with Crippen molar-refractivity contribution in [1.29, 1.82) is 5.26 Å². The molecule has 0 unspecified atom stereocenters. The minimum atomic E-state index is 0.675. The van der Waals surface area contributed by atoms with Crippen molar-refractivity contribution < 1.29 is 0 Å². The number of nitrogens with one attached hydrogen (secondary N) is 1. The molecule has 0 saturated heterocycles. The summed E-state index contributed by atoms with van der Waals surface area (Å²) < 4.78 is 2.08. The fourth-order valence-corrected chi connectivity index (χ4v) is 1.66. The van der Waals surface area contributed by atoms with E-state index in [0.29, 0.717) is 5.56 Å². The van der Waals surface area contributed by atoms with E-state index >= 15 is 0 Å². The van der Waals surface area contributed by atoms with Gasteiger partial charge in [-0.15, -0.1) is 0 Å². The molecule has 0 amide bonds. The molecule has 2 aromatic rings. The zero-order chi connectivity index (χ0) is 12.1. The van der Waals surface area contributed by atoms with Gasteiger partial charge in [0.05, 0.1) is 11.6 Å². The standard InChI is InChI=1S/C13H14N4/c1-11-15-5-7-17(11)8-6-16-13-4-2-3-12(9-13)10-14/h2-5,7,9,16H,6,8H2,1H3. The first-order valence-electron chi connectivity index (χ1n) is 5.51. The van der Waals surface area contributed by atoms with E-state index in [4.69, 9.17) is 5.26 Å². The van der Waals surface area contributed by atoms with Gasteiger partial charge in [-0.25, -0.2) is 4.98 Å². The SMILES string of the molecule is Cc1nccn1CCNc1cccc(C#N)c1. The topological polar surface area (TPSA) is 53.6 Å². The van der Waals surface area contributed by atoms with E-state index in [0.717, 1.165) is 24.6 Å². The molecule has 0 fully saturated rings. The third-order valence-electron chi connectivity index (χ3n) is 2.60. The maximum Gasteiger partial charge on any atom is 0.105 e. The molecule has 0 radical (unpaired) electrons. The maximum atomic E-state index is 8.78. The Kier molecular flexibility index (Phi) is 3.41. The van der Waals surface area contributed by atoms with Crippen LogP contribution in [-0.2, 0) is 6.54 Å². The van der Waals surface area contributed by atoms with Crippen molar-refractivity contribution in [2.75, 3.05) is 11.9 Å². The number of nitriles is 1. The molecular formula is C13H14N4. The van der Waals surface area contributed by atoms with Crippen molar-refractivity contribution in [3.05, 3.63) is 48.0 Å². The highest BCUT2D eigenvalue weighted by Crippen LogP contribution is 2.09. The molecule has 1 aromatic carbocycles. The van der Waals surface area contributed by atoms with Crippen molar-refractivity contribution in [2.24, 2.45) is 0 Å². The molecule has 17 heavy (non-hydrogen) atoms. The summed E-state index contributed by atoms with van der Waals surface area (Å²) in [4.78, 5) is 4.16. The summed E-state index contributed by atoms with van der Waals surface area (Å²) in [6.45, 7) is 3.66. The van der Waals surface area contributed by atoms with Gasteiger partial charge in [0.2, 0.25) is 0 Å². The number of aryl methyl sites for hydroxylation is 1. The Morgan fingerprint density at radius 1 is 1.47 bits per heavy atom. The summed E-state index contributed by atoms with van der Waals surface area (Å²) in [5.41, 5.74) is 1.65. The summed E-state index contributed by atoms with van der Waals surface area (Å²) in [5, 5.41) is 12.1. The second-order valence-corrected chi connectivity index (χ2v) is 3.79. The smallest absolute Gasteiger partial charge is 0.105 e. The predicted molar refractivity (Wildman–Crippen MR) is 66.6 cm³/mol. The van der Waals surface area contributed by atoms with Crippen LogP contribution in [0.15, 0.2) is 36.7 Å². The molecule has 2 rings (SSSR count). The van der Waals surface area contributed by atoms with Crippen molar-refractivity contribution in [3.8, 4) is 6.07 Å². The van der Waals surface area contributed by atoms with Crippen molar-refractivity contribution in [1.82, 2.24) is 9.55 Å². The molecule has 1 N–H and O–H groups in total. The van der Waals surface area contributed by atoms with Crippen LogP contribution >= 0.6 is 0 Å². The number of hydrogen-bond donors (Lipinski definition) is 1. The van der Waals surface area contributed by atoms with Gasteiger partial charge in [0, 0.05) is 31.2 Å². The zero-order valence-electron chi connectivity index (χ0n) is 9.72. The molecule has 0 bridgehead atoms. The van der Waals surface area contributed by atoms with Crippen LogP contribution in [0.1, 0.15) is 11.4 Å². The lowest BCUT2D eigenvalue weighted by molar-refractivity contribution is 0.701. The Bertz CT molecular complexity index is 536. The quantitative estimate of drug-likeness (QED) is 0.869. The van der Waals surface area contributed by atoms with Crippen LogP contribution in [0.4, 0.5) is 5.69 Å². The van der Waals surface area contributed by atoms with E-state index in [1.807, 2.05) is 31.3 Å². The van der Waals surface area contributed by atoms with Crippen LogP contribution in [0.25, 0.3) is 0 Å². The highest BCUT2D eigenvalue weighted by atomic mass is 15.1. The van der Waals surface area contributed by atoms with Gasteiger partial charge in [0.1, 0.15) is 5.82 Å². The van der Waals surface area contributed by atoms with E-state index in [-0.39, 0.29) is 0 Å². The number of anilines is 1. The Balaban J connectivity index is 1.90. The first-order chi connectivity index (χ1) is 8.29. The average molecular weight is 226 g/mol. The van der Waals surface area contributed by atoms with Gasteiger partial charge in [-0.2, -0.15) is 5.26 Å². The highest BCUT2D eigenvalue weighted by molar-refractivity contribution is 5.48. The monoisotopic (exact) mass is 226 g/mol. The molecule has 1 heterocycles. The molecule has 0 aliphatic heterocycles. The number of benzene rings is 1. The van der Waals surface area contributed by atoms with Crippen LogP contribution in [0.2, 0.25) is 0 Å². The van der Waals surface area contributed by atoms with E-state index in [9.17, 15) is 0 Å². The molecule has 0 atom stereocenters. The lowest BCUT2D eigenvalue weighted by Crippen LogP contribution is -2.11. The second-order valence-electron chi connectivity index (χ2n) is 3.79. The Labute approximate surface area is 101 Å². The van der Waals surface area contributed by atoms with Gasteiger partial charge in [0.25, 0.3) is 0 Å². The molecule has 4 heteroatoms. The van der Waals surface area contributed by atoms with Gasteiger partial charge < -0.3 is 9.88 Å². The summed E-state index contributed by atoms with van der Waals surface area (Å²) in [7, 11) is 0. The third-order valence-corrected chi connectivity index (χ3v) is 2.60. The summed E-state index contributed by atoms with van der Waals surface area (Å²) in [6.07, 6.45) is 3.76. The second kappa shape index (κ2) is 5.17. The summed E-state index contributed by atoms with van der Waals surface area (Å²) >= 11 is 0. The summed E-state index contributed by atoms with van der Waals surface area (Å²) in [5.74, 6) is 1.01. The molecule has 1 aromatic heterocycles. The first kappa shape index (κ1) is 11.2. The molecule has 0 saturated carbocycles. The Morgan fingerprint density at radius 3 is 3.06 bits per heavy atom. The van der Waals surface area contributed by atoms with E-state index in [1.54, 1.807) is 12.3 Å². The van der Waals surface area contributed by atoms with Crippen molar-refractivity contribution >= 4 is 5.69 Å². The minimum Gasteiger partial charge on any atom is -0.383 e. The van der Waals surface area contributed by atoms with Gasteiger partial charge in [-0.1, -0.05) is 6.07 Å². The number of hydrogen-bond acceptors (Lipinski definition) is 3. The first-order valence-corrected chi connectivity index (χ1v) is 5.51. The number of nitrogens with zero attached hydrogens (tertiary/aromatic N) is 3. The number of imidazole rings is 1. The maximum absolute atomic E-state index is 8.78. The molecular weight excluding hydrogens is 212 g/mol. The van der Waals surface area contributed by atoms with Gasteiger partial charge in [0.15, 0.2) is 0 Å².